The Morgan fingerprint density at radius 1 is 1.00 bits per heavy atom. The van der Waals surface area contributed by atoms with Crippen molar-refractivity contribution >= 4 is 43.4 Å². The number of nitrogens with one attached hydrogen (secondary N) is 1. The third kappa shape index (κ3) is 2.74. The number of amides is 1. The molecular formula is C20H16N2O3S. The van der Waals surface area contributed by atoms with Crippen molar-refractivity contribution in [1.82, 2.24) is 4.98 Å². The third-order valence-electron chi connectivity index (χ3n) is 4.15. The Morgan fingerprint density at radius 2 is 1.85 bits per heavy atom. The van der Waals surface area contributed by atoms with Gasteiger partial charge in [-0.05, 0) is 23.6 Å². The van der Waals surface area contributed by atoms with Gasteiger partial charge in [0.2, 0.25) is 0 Å². The molecule has 4 aromatic rings. The van der Waals surface area contributed by atoms with Crippen molar-refractivity contribution in [3.8, 4) is 11.5 Å². The summed E-state index contributed by atoms with van der Waals surface area (Å²) >= 11 is 1.44. The van der Waals surface area contributed by atoms with Crippen molar-refractivity contribution in [3.63, 3.8) is 0 Å². The number of fused-ring (bicyclic) bond motifs is 3. The van der Waals surface area contributed by atoms with Crippen LogP contribution in [0.3, 0.4) is 0 Å². The number of ether oxygens (including phenoxy) is 2. The summed E-state index contributed by atoms with van der Waals surface area (Å²) in [6.45, 7) is 0. The van der Waals surface area contributed by atoms with Crippen LogP contribution in [0.2, 0.25) is 0 Å². The van der Waals surface area contributed by atoms with E-state index in [0.29, 0.717) is 22.2 Å². The average Bonchev–Trinajstić information content (AvgIpc) is 3.10. The van der Waals surface area contributed by atoms with E-state index >= 15 is 0 Å². The number of thiazole rings is 1. The molecule has 0 spiro atoms. The van der Waals surface area contributed by atoms with Gasteiger partial charge in [-0.3, -0.25) is 10.1 Å². The van der Waals surface area contributed by atoms with Crippen LogP contribution < -0.4 is 14.8 Å². The van der Waals surface area contributed by atoms with Crippen molar-refractivity contribution in [1.29, 1.82) is 0 Å². The Balaban J connectivity index is 1.71. The van der Waals surface area contributed by atoms with E-state index in [0.717, 1.165) is 21.0 Å². The first kappa shape index (κ1) is 16.4. The lowest BCUT2D eigenvalue weighted by atomic mass is 10.1. The number of hydrogen-bond donors (Lipinski definition) is 1. The van der Waals surface area contributed by atoms with Gasteiger partial charge < -0.3 is 9.47 Å². The van der Waals surface area contributed by atoms with Crippen LogP contribution in [-0.2, 0) is 0 Å². The van der Waals surface area contributed by atoms with E-state index in [9.17, 15) is 4.79 Å². The normalized spacial score (nSPS) is 10.8. The standard InChI is InChI=1S/C20H16N2O3S/c1-24-15-9-5-8-14(18(15)25-2)19(23)22-20-21-17-13-7-4-3-6-12(13)10-11-16(17)26-20/h3-11H,1-2H3,(H,21,22,23). The van der Waals surface area contributed by atoms with Crippen LogP contribution in [0.4, 0.5) is 5.13 Å². The number of carbonyl (C=O) groups excluding carboxylic acids is 1. The first-order valence-corrected chi connectivity index (χ1v) is 8.83. The molecule has 1 heterocycles. The zero-order valence-electron chi connectivity index (χ0n) is 14.3. The molecule has 3 aromatic carbocycles. The minimum atomic E-state index is -0.288. The van der Waals surface area contributed by atoms with Gasteiger partial charge in [0.1, 0.15) is 0 Å². The second-order valence-corrected chi connectivity index (χ2v) is 6.68. The Morgan fingerprint density at radius 3 is 2.65 bits per heavy atom. The van der Waals surface area contributed by atoms with Gasteiger partial charge >= 0.3 is 0 Å². The van der Waals surface area contributed by atoms with Crippen LogP contribution in [-0.4, -0.2) is 25.1 Å². The molecule has 0 aliphatic heterocycles. The molecule has 130 valence electrons. The molecule has 0 aliphatic rings. The number of hydrogen-bond acceptors (Lipinski definition) is 5. The van der Waals surface area contributed by atoms with Gasteiger partial charge in [-0.25, -0.2) is 4.98 Å². The number of nitrogens with zero attached hydrogens (tertiary/aromatic N) is 1. The number of methoxy groups -OCH3 is 2. The molecule has 1 N–H and O–H groups in total. The summed E-state index contributed by atoms with van der Waals surface area (Å²) in [7, 11) is 3.05. The molecule has 0 atom stereocenters. The second-order valence-electron chi connectivity index (χ2n) is 5.65. The fourth-order valence-corrected chi connectivity index (χ4v) is 3.82. The number of carbonyl (C=O) groups is 1. The first-order chi connectivity index (χ1) is 12.7. The van der Waals surface area contributed by atoms with Gasteiger partial charge in [-0.1, -0.05) is 47.7 Å². The van der Waals surface area contributed by atoms with Crippen LogP contribution in [0.15, 0.2) is 54.6 Å². The molecule has 6 heteroatoms. The van der Waals surface area contributed by atoms with Crippen molar-refractivity contribution in [2.75, 3.05) is 19.5 Å². The minimum Gasteiger partial charge on any atom is -0.493 e. The highest BCUT2D eigenvalue weighted by molar-refractivity contribution is 7.22. The topological polar surface area (TPSA) is 60.5 Å². The Bertz CT molecular complexity index is 1120. The van der Waals surface area contributed by atoms with Gasteiger partial charge in [0.25, 0.3) is 5.91 Å². The first-order valence-electron chi connectivity index (χ1n) is 8.02. The summed E-state index contributed by atoms with van der Waals surface area (Å²) in [4.78, 5) is 17.3. The van der Waals surface area contributed by atoms with E-state index in [-0.39, 0.29) is 5.91 Å². The molecule has 0 bridgehead atoms. The summed E-state index contributed by atoms with van der Waals surface area (Å²) in [6, 6.07) is 17.4. The molecule has 26 heavy (non-hydrogen) atoms. The number of aromatic nitrogens is 1. The Kier molecular flexibility index (Phi) is 4.18. The summed E-state index contributed by atoms with van der Waals surface area (Å²) in [5.41, 5.74) is 1.29. The van der Waals surface area contributed by atoms with E-state index < -0.39 is 0 Å². The molecule has 0 radical (unpaired) electrons. The van der Waals surface area contributed by atoms with E-state index in [1.807, 2.05) is 30.3 Å². The van der Waals surface area contributed by atoms with Gasteiger partial charge in [0.05, 0.1) is 30.0 Å². The highest BCUT2D eigenvalue weighted by Crippen LogP contribution is 2.34. The zero-order valence-corrected chi connectivity index (χ0v) is 15.1. The van der Waals surface area contributed by atoms with Gasteiger partial charge in [-0.2, -0.15) is 0 Å². The highest BCUT2D eigenvalue weighted by Gasteiger charge is 2.18. The van der Waals surface area contributed by atoms with Gasteiger partial charge in [0.15, 0.2) is 16.6 Å². The molecule has 0 saturated heterocycles. The molecule has 4 rings (SSSR count). The second kappa shape index (κ2) is 6.65. The van der Waals surface area contributed by atoms with Crippen LogP contribution in [0.1, 0.15) is 10.4 Å². The number of anilines is 1. The predicted octanol–water partition coefficient (Wildman–Crippen LogP) is 4.72. The molecule has 5 nitrogen and oxygen atoms in total. The highest BCUT2D eigenvalue weighted by atomic mass is 32.1. The van der Waals surface area contributed by atoms with Crippen LogP contribution in [0.25, 0.3) is 21.0 Å². The molecule has 0 saturated carbocycles. The van der Waals surface area contributed by atoms with Gasteiger partial charge in [0, 0.05) is 5.39 Å². The lowest BCUT2D eigenvalue weighted by molar-refractivity contribution is 0.102. The smallest absolute Gasteiger partial charge is 0.261 e. The lowest BCUT2D eigenvalue weighted by Gasteiger charge is -2.11. The summed E-state index contributed by atoms with van der Waals surface area (Å²) in [5, 5.41) is 5.61. The van der Waals surface area contributed by atoms with E-state index in [1.54, 1.807) is 18.2 Å². The summed E-state index contributed by atoms with van der Waals surface area (Å²) in [6.07, 6.45) is 0. The number of rotatable bonds is 4. The maximum Gasteiger partial charge on any atom is 0.261 e. The van der Waals surface area contributed by atoms with Crippen molar-refractivity contribution < 1.29 is 14.3 Å². The van der Waals surface area contributed by atoms with Crippen LogP contribution in [0, 0.1) is 0 Å². The zero-order chi connectivity index (χ0) is 18.1. The summed E-state index contributed by atoms with van der Waals surface area (Å²) < 4.78 is 11.6. The Labute approximate surface area is 154 Å². The van der Waals surface area contributed by atoms with E-state index in [1.165, 1.54) is 25.6 Å². The van der Waals surface area contributed by atoms with Crippen molar-refractivity contribution in [3.05, 3.63) is 60.2 Å². The number of benzene rings is 3. The van der Waals surface area contributed by atoms with Crippen molar-refractivity contribution in [2.24, 2.45) is 0 Å². The molecule has 0 aliphatic carbocycles. The van der Waals surface area contributed by atoms with E-state index in [4.69, 9.17) is 9.47 Å². The van der Waals surface area contributed by atoms with Crippen molar-refractivity contribution in [2.45, 2.75) is 0 Å². The molecule has 1 amide bonds. The predicted molar refractivity (Wildman–Crippen MR) is 105 cm³/mol. The van der Waals surface area contributed by atoms with E-state index in [2.05, 4.69) is 16.4 Å². The fraction of sp³-hybridized carbons (Fsp3) is 0.100. The quantitative estimate of drug-likeness (QED) is 0.569. The lowest BCUT2D eigenvalue weighted by Crippen LogP contribution is -2.13. The van der Waals surface area contributed by atoms with Gasteiger partial charge in [-0.15, -0.1) is 0 Å². The van der Waals surface area contributed by atoms with Crippen LogP contribution >= 0.6 is 11.3 Å². The fourth-order valence-electron chi connectivity index (χ4n) is 2.95. The maximum atomic E-state index is 12.7. The molecular weight excluding hydrogens is 348 g/mol. The molecule has 0 fully saturated rings. The largest absolute Gasteiger partial charge is 0.493 e. The monoisotopic (exact) mass is 364 g/mol. The number of para-hydroxylation sites is 1. The maximum absolute atomic E-state index is 12.7. The average molecular weight is 364 g/mol. The minimum absolute atomic E-state index is 0.288. The molecule has 0 unspecified atom stereocenters. The SMILES string of the molecule is COc1cccc(C(=O)Nc2nc3c(ccc4ccccc43)s2)c1OC. The molecule has 1 aromatic heterocycles. The third-order valence-corrected chi connectivity index (χ3v) is 5.09. The Hall–Kier alpha value is -3.12. The van der Waals surface area contributed by atoms with Crippen LogP contribution in [0.5, 0.6) is 11.5 Å². The summed E-state index contributed by atoms with van der Waals surface area (Å²) in [5.74, 6) is 0.624.